The molecule has 8 heteroatoms. The van der Waals surface area contributed by atoms with Gasteiger partial charge in [0, 0.05) is 22.9 Å². The average Bonchev–Trinajstić information content (AvgIpc) is 3.00. The number of benzene rings is 2. The molecule has 2 aliphatic rings. The van der Waals surface area contributed by atoms with Gasteiger partial charge in [-0.05, 0) is 30.3 Å². The minimum Gasteiger partial charge on any atom is -0.486 e. The number of ether oxygens (including phenoxy) is 2. The van der Waals surface area contributed by atoms with Crippen LogP contribution < -0.4 is 14.8 Å². The molecule has 2 N–H and O–H groups in total. The first kappa shape index (κ1) is 18.7. The summed E-state index contributed by atoms with van der Waals surface area (Å²) in [6.45, 7) is 0.528. The number of carbonyl (C=O) groups is 3. The van der Waals surface area contributed by atoms with Gasteiger partial charge < -0.3 is 19.9 Å². The van der Waals surface area contributed by atoms with E-state index in [9.17, 15) is 14.4 Å². The lowest BCUT2D eigenvalue weighted by Crippen LogP contribution is -2.34. The van der Waals surface area contributed by atoms with Crippen LogP contribution in [0, 0.1) is 0 Å². The highest BCUT2D eigenvalue weighted by Gasteiger charge is 2.30. The SMILES string of the molecule is O=C(c1cccc(NC2=CC(=O)N(CCO)C2=O)c1)c1ccc2c(c1)OCCO2. The van der Waals surface area contributed by atoms with Crippen molar-refractivity contribution >= 4 is 23.3 Å². The van der Waals surface area contributed by atoms with Gasteiger partial charge in [0.25, 0.3) is 11.8 Å². The van der Waals surface area contributed by atoms with Crippen LogP contribution in [0.25, 0.3) is 0 Å². The van der Waals surface area contributed by atoms with Gasteiger partial charge in [0.05, 0.1) is 13.2 Å². The number of ketones is 1. The van der Waals surface area contributed by atoms with E-state index in [0.717, 1.165) is 4.90 Å². The third-order valence-electron chi connectivity index (χ3n) is 4.54. The van der Waals surface area contributed by atoms with Crippen molar-refractivity contribution in [1.82, 2.24) is 4.90 Å². The molecule has 4 rings (SSSR count). The second-order valence-corrected chi connectivity index (χ2v) is 6.47. The Labute approximate surface area is 166 Å². The van der Waals surface area contributed by atoms with E-state index in [2.05, 4.69) is 5.32 Å². The third-order valence-corrected chi connectivity index (χ3v) is 4.54. The van der Waals surface area contributed by atoms with Gasteiger partial charge in [-0.1, -0.05) is 12.1 Å². The van der Waals surface area contributed by atoms with Gasteiger partial charge in [-0.15, -0.1) is 0 Å². The molecule has 0 fully saturated rings. The highest BCUT2D eigenvalue weighted by molar-refractivity contribution is 6.17. The van der Waals surface area contributed by atoms with Crippen LogP contribution in [0.4, 0.5) is 5.69 Å². The summed E-state index contributed by atoms with van der Waals surface area (Å²) in [5.74, 6) is -0.0921. The van der Waals surface area contributed by atoms with Crippen LogP contribution in [-0.4, -0.2) is 54.0 Å². The Hall–Kier alpha value is -3.65. The molecule has 0 unspecified atom stereocenters. The van der Waals surface area contributed by atoms with Gasteiger partial charge in [-0.2, -0.15) is 0 Å². The molecule has 0 bridgehead atoms. The first-order valence-corrected chi connectivity index (χ1v) is 9.06. The summed E-state index contributed by atoms with van der Waals surface area (Å²) in [5.41, 5.74) is 1.45. The average molecular weight is 394 g/mol. The van der Waals surface area contributed by atoms with Crippen molar-refractivity contribution in [2.24, 2.45) is 0 Å². The fourth-order valence-corrected chi connectivity index (χ4v) is 3.15. The molecule has 2 aromatic carbocycles. The van der Waals surface area contributed by atoms with Crippen LogP contribution in [0.15, 0.2) is 54.2 Å². The van der Waals surface area contributed by atoms with Crippen molar-refractivity contribution in [2.75, 3.05) is 31.7 Å². The van der Waals surface area contributed by atoms with Gasteiger partial charge in [-0.25, -0.2) is 0 Å². The molecule has 2 heterocycles. The standard InChI is InChI=1S/C21H18N2O6/c24-7-6-23-19(25)12-16(21(23)27)22-15-3-1-2-13(10-15)20(26)14-4-5-17-18(11-14)29-9-8-28-17/h1-5,10-12,22,24H,6-9H2. The summed E-state index contributed by atoms with van der Waals surface area (Å²) >= 11 is 0. The van der Waals surface area contributed by atoms with E-state index in [1.54, 1.807) is 42.5 Å². The fourth-order valence-electron chi connectivity index (χ4n) is 3.15. The molecule has 0 radical (unpaired) electrons. The number of nitrogens with one attached hydrogen (secondary N) is 1. The number of carbonyl (C=O) groups excluding carboxylic acids is 3. The zero-order chi connectivity index (χ0) is 20.4. The molecule has 2 aliphatic heterocycles. The van der Waals surface area contributed by atoms with Crippen LogP contribution in [0.5, 0.6) is 11.5 Å². The Bertz CT molecular complexity index is 1030. The molecule has 2 amide bonds. The van der Waals surface area contributed by atoms with E-state index in [4.69, 9.17) is 14.6 Å². The number of imide groups is 1. The van der Waals surface area contributed by atoms with E-state index in [-0.39, 0.29) is 24.6 Å². The molecule has 2 aromatic rings. The number of aliphatic hydroxyl groups excluding tert-OH is 1. The van der Waals surface area contributed by atoms with Gasteiger partial charge in [0.15, 0.2) is 17.3 Å². The van der Waals surface area contributed by atoms with Crippen molar-refractivity contribution < 1.29 is 29.0 Å². The monoisotopic (exact) mass is 394 g/mol. The fraction of sp³-hybridized carbons (Fsp3) is 0.190. The quantitative estimate of drug-likeness (QED) is 0.563. The molecule has 0 spiro atoms. The number of aliphatic hydroxyl groups is 1. The summed E-state index contributed by atoms with van der Waals surface area (Å²) < 4.78 is 11.0. The van der Waals surface area contributed by atoms with Crippen LogP contribution in [0.2, 0.25) is 0 Å². The summed E-state index contributed by atoms with van der Waals surface area (Å²) in [6, 6.07) is 11.7. The number of hydrogen-bond acceptors (Lipinski definition) is 7. The van der Waals surface area contributed by atoms with Gasteiger partial charge in [0.2, 0.25) is 0 Å². The number of fused-ring (bicyclic) bond motifs is 1. The van der Waals surface area contributed by atoms with E-state index >= 15 is 0 Å². The Kier molecular flexibility index (Phi) is 5.01. The van der Waals surface area contributed by atoms with Crippen LogP contribution in [0.1, 0.15) is 15.9 Å². The second-order valence-electron chi connectivity index (χ2n) is 6.47. The molecular formula is C21H18N2O6. The van der Waals surface area contributed by atoms with Crippen molar-refractivity contribution in [3.8, 4) is 11.5 Å². The van der Waals surface area contributed by atoms with Gasteiger partial charge in [-0.3, -0.25) is 19.3 Å². The second kappa shape index (κ2) is 7.76. The van der Waals surface area contributed by atoms with E-state index in [0.29, 0.717) is 41.5 Å². The molecule has 8 nitrogen and oxygen atoms in total. The van der Waals surface area contributed by atoms with Crippen molar-refractivity contribution in [3.63, 3.8) is 0 Å². The molecule has 0 saturated heterocycles. The van der Waals surface area contributed by atoms with E-state index in [1.165, 1.54) is 6.08 Å². The predicted molar refractivity (Wildman–Crippen MR) is 103 cm³/mol. The minimum absolute atomic E-state index is 0.0675. The molecule has 0 saturated carbocycles. The lowest BCUT2D eigenvalue weighted by atomic mass is 10.0. The topological polar surface area (TPSA) is 105 Å². The molecule has 148 valence electrons. The maximum Gasteiger partial charge on any atom is 0.277 e. The first-order valence-electron chi connectivity index (χ1n) is 9.06. The lowest BCUT2D eigenvalue weighted by Gasteiger charge is -2.18. The Morgan fingerprint density at radius 1 is 1.03 bits per heavy atom. The largest absolute Gasteiger partial charge is 0.486 e. The van der Waals surface area contributed by atoms with Crippen LogP contribution in [-0.2, 0) is 9.59 Å². The van der Waals surface area contributed by atoms with Crippen LogP contribution in [0.3, 0.4) is 0 Å². The number of rotatable bonds is 6. The normalized spacial score (nSPS) is 15.3. The number of β-amino-alcohol motifs (C(OH)–C–C–N with tert-alkyl or cyclic N) is 1. The van der Waals surface area contributed by atoms with Gasteiger partial charge in [0.1, 0.15) is 18.9 Å². The number of anilines is 1. The lowest BCUT2D eigenvalue weighted by molar-refractivity contribution is -0.137. The predicted octanol–water partition coefficient (Wildman–Crippen LogP) is 1.35. The zero-order valence-corrected chi connectivity index (χ0v) is 15.4. The number of hydrogen-bond donors (Lipinski definition) is 2. The maximum atomic E-state index is 12.9. The first-order chi connectivity index (χ1) is 14.1. The summed E-state index contributed by atoms with van der Waals surface area (Å²) in [4.78, 5) is 37.9. The molecule has 0 atom stereocenters. The van der Waals surface area contributed by atoms with Crippen molar-refractivity contribution in [1.29, 1.82) is 0 Å². The highest BCUT2D eigenvalue weighted by atomic mass is 16.6. The van der Waals surface area contributed by atoms with E-state index in [1.807, 2.05) is 0 Å². The number of nitrogens with zero attached hydrogens (tertiary/aromatic N) is 1. The smallest absolute Gasteiger partial charge is 0.277 e. The minimum atomic E-state index is -0.521. The molecule has 0 aromatic heterocycles. The molecule has 29 heavy (non-hydrogen) atoms. The van der Waals surface area contributed by atoms with Crippen molar-refractivity contribution in [2.45, 2.75) is 0 Å². The summed E-state index contributed by atoms with van der Waals surface area (Å²) in [6.07, 6.45) is 1.17. The summed E-state index contributed by atoms with van der Waals surface area (Å²) in [5, 5.41) is 11.9. The third kappa shape index (κ3) is 3.70. The Morgan fingerprint density at radius 3 is 2.59 bits per heavy atom. The molecular weight excluding hydrogens is 376 g/mol. The van der Waals surface area contributed by atoms with Crippen LogP contribution >= 0.6 is 0 Å². The zero-order valence-electron chi connectivity index (χ0n) is 15.4. The Morgan fingerprint density at radius 2 is 1.79 bits per heavy atom. The number of amides is 2. The summed E-state index contributed by atoms with van der Waals surface area (Å²) in [7, 11) is 0. The Balaban J connectivity index is 1.53. The maximum absolute atomic E-state index is 12.9. The van der Waals surface area contributed by atoms with Crippen molar-refractivity contribution in [3.05, 3.63) is 65.4 Å². The highest BCUT2D eigenvalue weighted by Crippen LogP contribution is 2.31. The van der Waals surface area contributed by atoms with E-state index < -0.39 is 11.8 Å². The molecule has 0 aliphatic carbocycles. The van der Waals surface area contributed by atoms with Gasteiger partial charge >= 0.3 is 0 Å².